The predicted molar refractivity (Wildman–Crippen MR) is 84.5 cm³/mol. The van der Waals surface area contributed by atoms with E-state index in [2.05, 4.69) is 9.89 Å². The van der Waals surface area contributed by atoms with Gasteiger partial charge in [-0.25, -0.2) is 4.99 Å². The lowest BCUT2D eigenvalue weighted by Crippen LogP contribution is -2.29. The summed E-state index contributed by atoms with van der Waals surface area (Å²) >= 11 is 5.64. The molecule has 1 fully saturated rings. The maximum Gasteiger partial charge on any atom is 0.162 e. The van der Waals surface area contributed by atoms with E-state index in [0.29, 0.717) is 17.1 Å². The number of piperidine rings is 1. The van der Waals surface area contributed by atoms with Crippen molar-refractivity contribution in [3.05, 3.63) is 23.8 Å². The van der Waals surface area contributed by atoms with Crippen molar-refractivity contribution in [3.8, 4) is 0 Å². The summed E-state index contributed by atoms with van der Waals surface area (Å²) in [5.41, 5.74) is 7.93. The van der Waals surface area contributed by atoms with Gasteiger partial charge < -0.3 is 10.6 Å². The van der Waals surface area contributed by atoms with E-state index in [4.69, 9.17) is 17.3 Å². The minimum absolute atomic E-state index is 0.00928. The van der Waals surface area contributed by atoms with E-state index in [0.717, 1.165) is 18.8 Å². The average molecular weight is 294 g/mol. The molecule has 1 saturated heterocycles. The molecule has 1 heterocycles. The fraction of sp³-hybridized carbons (Fsp3) is 0.467. The number of aliphatic imine (C=N–C) groups is 1. The van der Waals surface area contributed by atoms with E-state index in [9.17, 15) is 4.79 Å². The number of hydrogen-bond donors (Lipinski definition) is 1. The Bertz CT molecular complexity index is 522. The molecule has 2 rings (SSSR count). The topological polar surface area (TPSA) is 58.7 Å². The standard InChI is InChI=1S/C15H20ClN3O/c1-11(20)13-9-12(19-7-3-2-4-8-19)5-6-14(13)18-15(17)10-16/h5-6,9H,2-4,7-8,10H2,1H3,(H2,17,18). The van der Waals surface area contributed by atoms with Gasteiger partial charge in [-0.3, -0.25) is 4.79 Å². The second kappa shape index (κ2) is 6.75. The van der Waals surface area contributed by atoms with Crippen LogP contribution in [-0.2, 0) is 0 Å². The van der Waals surface area contributed by atoms with Gasteiger partial charge in [0.2, 0.25) is 0 Å². The molecule has 0 unspecified atom stereocenters. The molecule has 1 aliphatic rings. The molecule has 1 aromatic rings. The number of rotatable bonds is 4. The summed E-state index contributed by atoms with van der Waals surface area (Å²) in [6.07, 6.45) is 3.69. The van der Waals surface area contributed by atoms with Crippen molar-refractivity contribution in [2.45, 2.75) is 26.2 Å². The molecule has 0 aromatic heterocycles. The van der Waals surface area contributed by atoms with E-state index in [1.54, 1.807) is 6.92 Å². The van der Waals surface area contributed by atoms with E-state index in [1.807, 2.05) is 18.2 Å². The number of alkyl halides is 1. The van der Waals surface area contributed by atoms with Crippen LogP contribution in [0.3, 0.4) is 0 Å². The molecule has 0 atom stereocenters. The first kappa shape index (κ1) is 14.9. The van der Waals surface area contributed by atoms with Gasteiger partial charge in [-0.05, 0) is 44.4 Å². The molecule has 108 valence electrons. The van der Waals surface area contributed by atoms with Gasteiger partial charge in [0.15, 0.2) is 5.78 Å². The van der Waals surface area contributed by atoms with Crippen LogP contribution < -0.4 is 10.6 Å². The van der Waals surface area contributed by atoms with Gasteiger partial charge in [-0.2, -0.15) is 0 Å². The van der Waals surface area contributed by atoms with E-state index >= 15 is 0 Å². The van der Waals surface area contributed by atoms with Gasteiger partial charge in [-0.15, -0.1) is 11.6 Å². The first-order chi connectivity index (χ1) is 9.61. The van der Waals surface area contributed by atoms with Crippen LogP contribution in [0.4, 0.5) is 11.4 Å². The van der Waals surface area contributed by atoms with Crippen molar-refractivity contribution in [2.24, 2.45) is 10.7 Å². The highest BCUT2D eigenvalue weighted by Gasteiger charge is 2.14. The zero-order valence-electron chi connectivity index (χ0n) is 11.7. The van der Waals surface area contributed by atoms with Crippen molar-refractivity contribution in [2.75, 3.05) is 23.9 Å². The van der Waals surface area contributed by atoms with E-state index in [1.165, 1.54) is 19.3 Å². The van der Waals surface area contributed by atoms with Crippen LogP contribution in [0.15, 0.2) is 23.2 Å². The van der Waals surface area contributed by atoms with Crippen LogP contribution in [0.1, 0.15) is 36.5 Å². The van der Waals surface area contributed by atoms with Crippen LogP contribution in [0.25, 0.3) is 0 Å². The SMILES string of the molecule is CC(=O)c1cc(N2CCCCC2)ccc1N=C(N)CCl. The molecular formula is C15H20ClN3O. The Hall–Kier alpha value is -1.55. The number of halogens is 1. The van der Waals surface area contributed by atoms with E-state index in [-0.39, 0.29) is 11.7 Å². The molecule has 1 aliphatic heterocycles. The predicted octanol–water partition coefficient (Wildman–Crippen LogP) is 3.11. The molecule has 0 bridgehead atoms. The number of nitrogens with two attached hydrogens (primary N) is 1. The lowest BCUT2D eigenvalue weighted by atomic mass is 10.1. The zero-order chi connectivity index (χ0) is 14.5. The second-order valence-electron chi connectivity index (χ2n) is 5.04. The number of hydrogen-bond acceptors (Lipinski definition) is 3. The number of Topliss-reactive ketones (excluding diaryl/α,β-unsaturated/α-hetero) is 1. The van der Waals surface area contributed by atoms with Crippen molar-refractivity contribution >= 4 is 34.6 Å². The van der Waals surface area contributed by atoms with Crippen molar-refractivity contribution in [1.29, 1.82) is 0 Å². The number of anilines is 1. The lowest BCUT2D eigenvalue weighted by Gasteiger charge is -2.29. The molecule has 0 radical (unpaired) electrons. The quantitative estimate of drug-likeness (QED) is 0.402. The Morgan fingerprint density at radius 3 is 2.65 bits per heavy atom. The van der Waals surface area contributed by atoms with Gasteiger partial charge >= 0.3 is 0 Å². The smallest absolute Gasteiger partial charge is 0.162 e. The highest BCUT2D eigenvalue weighted by molar-refractivity contribution is 6.28. The fourth-order valence-electron chi connectivity index (χ4n) is 2.44. The van der Waals surface area contributed by atoms with Crippen LogP contribution >= 0.6 is 11.6 Å². The monoisotopic (exact) mass is 293 g/mol. The van der Waals surface area contributed by atoms with E-state index < -0.39 is 0 Å². The molecule has 2 N–H and O–H groups in total. The Labute approximate surface area is 124 Å². The summed E-state index contributed by atoms with van der Waals surface area (Å²) in [5, 5.41) is 0. The van der Waals surface area contributed by atoms with Crippen LogP contribution in [0.5, 0.6) is 0 Å². The minimum Gasteiger partial charge on any atom is -0.386 e. The molecule has 20 heavy (non-hydrogen) atoms. The Kier molecular flexibility index (Phi) is 5.01. The number of benzene rings is 1. The van der Waals surface area contributed by atoms with Gasteiger partial charge in [-0.1, -0.05) is 0 Å². The number of nitrogens with zero attached hydrogens (tertiary/aromatic N) is 2. The summed E-state index contributed by atoms with van der Waals surface area (Å²) in [6.45, 7) is 3.64. The maximum atomic E-state index is 11.8. The van der Waals surface area contributed by atoms with Crippen molar-refractivity contribution in [3.63, 3.8) is 0 Å². The molecule has 0 saturated carbocycles. The second-order valence-corrected chi connectivity index (χ2v) is 5.31. The molecule has 1 aromatic carbocycles. The molecule has 0 aliphatic carbocycles. The van der Waals surface area contributed by atoms with Crippen LogP contribution in [0.2, 0.25) is 0 Å². The first-order valence-electron chi connectivity index (χ1n) is 6.90. The maximum absolute atomic E-state index is 11.8. The van der Waals surface area contributed by atoms with Crippen molar-refractivity contribution < 1.29 is 4.79 Å². The average Bonchev–Trinajstić information content (AvgIpc) is 2.48. The third kappa shape index (κ3) is 3.51. The summed E-state index contributed by atoms with van der Waals surface area (Å²) in [7, 11) is 0. The Balaban J connectivity index is 2.34. The summed E-state index contributed by atoms with van der Waals surface area (Å²) < 4.78 is 0. The summed E-state index contributed by atoms with van der Waals surface area (Å²) in [6, 6.07) is 5.76. The van der Waals surface area contributed by atoms with Crippen LogP contribution in [0, 0.1) is 0 Å². The summed E-state index contributed by atoms with van der Waals surface area (Å²) in [5.74, 6) is 0.468. The Morgan fingerprint density at radius 2 is 2.05 bits per heavy atom. The van der Waals surface area contributed by atoms with Gasteiger partial charge in [0.1, 0.15) is 5.84 Å². The molecular weight excluding hydrogens is 274 g/mol. The number of amidine groups is 1. The molecule has 4 nitrogen and oxygen atoms in total. The molecule has 5 heteroatoms. The molecule has 0 amide bonds. The first-order valence-corrected chi connectivity index (χ1v) is 7.44. The largest absolute Gasteiger partial charge is 0.386 e. The van der Waals surface area contributed by atoms with Crippen LogP contribution in [-0.4, -0.2) is 30.6 Å². The van der Waals surface area contributed by atoms with Gasteiger partial charge in [0.25, 0.3) is 0 Å². The molecule has 0 spiro atoms. The highest BCUT2D eigenvalue weighted by atomic mass is 35.5. The summed E-state index contributed by atoms with van der Waals surface area (Å²) in [4.78, 5) is 18.3. The number of ketones is 1. The van der Waals surface area contributed by atoms with Gasteiger partial charge in [0.05, 0.1) is 11.6 Å². The van der Waals surface area contributed by atoms with Gasteiger partial charge in [0, 0.05) is 24.3 Å². The zero-order valence-corrected chi connectivity index (χ0v) is 12.5. The fourth-order valence-corrected chi connectivity index (χ4v) is 2.50. The highest BCUT2D eigenvalue weighted by Crippen LogP contribution is 2.28. The number of carbonyl (C=O) groups excluding carboxylic acids is 1. The normalized spacial score (nSPS) is 16.3. The van der Waals surface area contributed by atoms with Crippen molar-refractivity contribution in [1.82, 2.24) is 0 Å². The third-order valence-electron chi connectivity index (χ3n) is 3.48. The minimum atomic E-state index is -0.00928. The number of carbonyl (C=O) groups is 1. The third-order valence-corrected chi connectivity index (χ3v) is 3.76. The lowest BCUT2D eigenvalue weighted by molar-refractivity contribution is 0.101. The Morgan fingerprint density at radius 1 is 1.35 bits per heavy atom.